The minimum atomic E-state index is -0.769. The Kier molecular flexibility index (Phi) is 1.63. The van der Waals surface area contributed by atoms with Gasteiger partial charge in [-0.25, -0.2) is 0 Å². The highest BCUT2D eigenvalue weighted by molar-refractivity contribution is 5.66. The van der Waals surface area contributed by atoms with E-state index in [0.717, 1.165) is 11.5 Å². The summed E-state index contributed by atoms with van der Waals surface area (Å²) in [4.78, 5) is 0. The summed E-state index contributed by atoms with van der Waals surface area (Å²) in [5.41, 5.74) is 1.98. The molecular formula is C18H12O2. The number of para-hydroxylation sites is 2. The van der Waals surface area contributed by atoms with Crippen LogP contribution in [0.5, 0.6) is 11.5 Å². The van der Waals surface area contributed by atoms with Crippen LogP contribution in [0.25, 0.3) is 0 Å². The van der Waals surface area contributed by atoms with Crippen LogP contribution in [0, 0.1) is 0 Å². The van der Waals surface area contributed by atoms with Crippen molar-refractivity contribution in [3.8, 4) is 11.5 Å². The van der Waals surface area contributed by atoms with Crippen molar-refractivity contribution in [1.82, 2.24) is 0 Å². The molecule has 3 aliphatic rings. The van der Waals surface area contributed by atoms with Crippen molar-refractivity contribution >= 4 is 0 Å². The van der Waals surface area contributed by atoms with Crippen LogP contribution in [0.15, 0.2) is 72.8 Å². The SMILES string of the molecule is C1=CC23Oc4ccccc4C2(C=C1)c1ccccc1O3. The van der Waals surface area contributed by atoms with Crippen LogP contribution in [0.3, 0.4) is 0 Å². The van der Waals surface area contributed by atoms with Gasteiger partial charge in [0.2, 0.25) is 0 Å². The number of hydrogen-bond donors (Lipinski definition) is 0. The maximum absolute atomic E-state index is 6.24. The third-order valence-corrected chi connectivity index (χ3v) is 4.47. The van der Waals surface area contributed by atoms with Crippen molar-refractivity contribution < 1.29 is 9.47 Å². The fraction of sp³-hybridized carbons (Fsp3) is 0.111. The van der Waals surface area contributed by atoms with Crippen molar-refractivity contribution in [1.29, 1.82) is 0 Å². The molecule has 0 fully saturated rings. The van der Waals surface area contributed by atoms with Crippen LogP contribution in [-0.4, -0.2) is 5.79 Å². The van der Waals surface area contributed by atoms with Gasteiger partial charge in [0.15, 0.2) is 0 Å². The second-order valence-corrected chi connectivity index (χ2v) is 5.39. The predicted octanol–water partition coefficient (Wildman–Crippen LogP) is 3.58. The van der Waals surface area contributed by atoms with E-state index in [1.54, 1.807) is 0 Å². The van der Waals surface area contributed by atoms with E-state index in [0.29, 0.717) is 0 Å². The Labute approximate surface area is 117 Å². The Morgan fingerprint density at radius 2 is 1.20 bits per heavy atom. The molecule has 1 aliphatic carbocycles. The molecule has 2 nitrogen and oxygen atoms in total. The summed E-state index contributed by atoms with van der Waals surface area (Å²) in [6.07, 6.45) is 8.29. The molecule has 2 heterocycles. The molecule has 0 saturated heterocycles. The lowest BCUT2D eigenvalue weighted by Gasteiger charge is -2.34. The van der Waals surface area contributed by atoms with Crippen molar-refractivity contribution in [2.24, 2.45) is 0 Å². The molecule has 20 heavy (non-hydrogen) atoms. The minimum Gasteiger partial charge on any atom is -0.447 e. The van der Waals surface area contributed by atoms with E-state index in [4.69, 9.17) is 9.47 Å². The van der Waals surface area contributed by atoms with Crippen LogP contribution < -0.4 is 9.47 Å². The highest BCUT2D eigenvalue weighted by atomic mass is 16.7. The van der Waals surface area contributed by atoms with Crippen LogP contribution in [0.4, 0.5) is 0 Å². The highest BCUT2D eigenvalue weighted by Crippen LogP contribution is 2.62. The Balaban J connectivity index is 1.93. The summed E-state index contributed by atoms with van der Waals surface area (Å²) in [6.45, 7) is 0. The van der Waals surface area contributed by atoms with E-state index < -0.39 is 5.79 Å². The quantitative estimate of drug-likeness (QED) is 0.720. The maximum Gasteiger partial charge on any atom is 0.288 e. The molecule has 0 saturated carbocycles. The van der Waals surface area contributed by atoms with E-state index in [2.05, 4.69) is 36.4 Å². The summed E-state index contributed by atoms with van der Waals surface area (Å²) in [6, 6.07) is 16.4. The average Bonchev–Trinajstić information content (AvgIpc) is 2.94. The normalized spacial score (nSPS) is 30.8. The molecule has 2 aromatic rings. The van der Waals surface area contributed by atoms with Gasteiger partial charge >= 0.3 is 0 Å². The molecule has 0 N–H and O–H groups in total. The number of allylic oxidation sites excluding steroid dienone is 2. The van der Waals surface area contributed by atoms with Gasteiger partial charge in [0.1, 0.15) is 16.9 Å². The summed E-state index contributed by atoms with van der Waals surface area (Å²) in [5.74, 6) is 1.03. The summed E-state index contributed by atoms with van der Waals surface area (Å²) < 4.78 is 12.5. The topological polar surface area (TPSA) is 18.5 Å². The largest absolute Gasteiger partial charge is 0.447 e. The first-order valence-electron chi connectivity index (χ1n) is 6.80. The Morgan fingerprint density at radius 1 is 0.650 bits per heavy atom. The lowest BCUT2D eigenvalue weighted by Crippen LogP contribution is -2.50. The Hall–Kier alpha value is -2.48. The third-order valence-electron chi connectivity index (χ3n) is 4.47. The monoisotopic (exact) mass is 260 g/mol. The summed E-state index contributed by atoms with van der Waals surface area (Å²) in [5, 5.41) is 0. The van der Waals surface area contributed by atoms with Crippen molar-refractivity contribution in [2.45, 2.75) is 11.2 Å². The molecular weight excluding hydrogens is 248 g/mol. The highest BCUT2D eigenvalue weighted by Gasteiger charge is 2.66. The summed E-state index contributed by atoms with van der Waals surface area (Å²) in [7, 11) is 0. The molecule has 2 heteroatoms. The van der Waals surface area contributed by atoms with Gasteiger partial charge in [-0.05, 0) is 12.1 Å². The van der Waals surface area contributed by atoms with Crippen LogP contribution >= 0.6 is 0 Å². The standard InChI is InChI=1S/C18H12O2/c1-3-9-15-13(7-1)17-11-5-6-12-18(17,19-15)20-16-10-4-2-8-14(16)17/h1-12H. The Morgan fingerprint density at radius 3 is 1.85 bits per heavy atom. The molecule has 0 spiro atoms. The predicted molar refractivity (Wildman–Crippen MR) is 75.9 cm³/mol. The molecule has 0 atom stereocenters. The summed E-state index contributed by atoms with van der Waals surface area (Å²) >= 11 is 0. The number of ether oxygens (including phenoxy) is 2. The van der Waals surface area contributed by atoms with Crippen LogP contribution in [0.1, 0.15) is 11.1 Å². The lowest BCUT2D eigenvalue weighted by molar-refractivity contribution is -0.0655. The van der Waals surface area contributed by atoms with Gasteiger partial charge in [-0.2, -0.15) is 0 Å². The van der Waals surface area contributed by atoms with Crippen molar-refractivity contribution in [2.75, 3.05) is 0 Å². The molecule has 2 aliphatic heterocycles. The van der Waals surface area contributed by atoms with Crippen LogP contribution in [0.2, 0.25) is 0 Å². The van der Waals surface area contributed by atoms with Gasteiger partial charge in [-0.1, -0.05) is 54.6 Å². The van der Waals surface area contributed by atoms with Gasteiger partial charge in [0.05, 0.1) is 0 Å². The van der Waals surface area contributed by atoms with E-state index in [1.807, 2.05) is 36.4 Å². The third kappa shape index (κ3) is 0.924. The zero-order chi connectivity index (χ0) is 13.2. The first-order chi connectivity index (χ1) is 9.86. The van der Waals surface area contributed by atoms with Crippen molar-refractivity contribution in [3.63, 3.8) is 0 Å². The number of benzene rings is 2. The molecule has 5 rings (SSSR count). The molecule has 96 valence electrons. The first-order valence-corrected chi connectivity index (χ1v) is 6.80. The van der Waals surface area contributed by atoms with Crippen molar-refractivity contribution in [3.05, 3.63) is 84.0 Å². The van der Waals surface area contributed by atoms with E-state index >= 15 is 0 Å². The first kappa shape index (κ1) is 10.3. The Bertz CT molecular complexity index is 736. The van der Waals surface area contributed by atoms with Crippen LogP contribution in [-0.2, 0) is 5.41 Å². The minimum absolute atomic E-state index is 0.366. The number of hydrogen-bond acceptors (Lipinski definition) is 2. The number of fused-ring (bicyclic) bond motifs is 2. The maximum atomic E-state index is 6.24. The molecule has 0 unspecified atom stereocenters. The lowest BCUT2D eigenvalue weighted by atomic mass is 9.69. The second-order valence-electron chi connectivity index (χ2n) is 5.39. The average molecular weight is 260 g/mol. The van der Waals surface area contributed by atoms with Gasteiger partial charge < -0.3 is 9.47 Å². The van der Waals surface area contributed by atoms with Gasteiger partial charge in [-0.3, -0.25) is 0 Å². The molecule has 0 radical (unpaired) electrons. The fourth-order valence-electron chi connectivity index (χ4n) is 3.67. The second kappa shape index (κ2) is 3.15. The van der Waals surface area contributed by atoms with Gasteiger partial charge in [0.25, 0.3) is 5.79 Å². The zero-order valence-electron chi connectivity index (χ0n) is 10.7. The van der Waals surface area contributed by atoms with Gasteiger partial charge in [0, 0.05) is 17.2 Å². The van der Waals surface area contributed by atoms with Gasteiger partial charge in [-0.15, -0.1) is 0 Å². The molecule has 2 aromatic carbocycles. The molecule has 0 aromatic heterocycles. The van der Waals surface area contributed by atoms with E-state index in [-0.39, 0.29) is 5.41 Å². The zero-order valence-corrected chi connectivity index (χ0v) is 10.7. The fourth-order valence-corrected chi connectivity index (χ4v) is 3.67. The van der Waals surface area contributed by atoms with E-state index in [1.165, 1.54) is 11.1 Å². The molecule has 0 bridgehead atoms. The molecule has 0 amide bonds. The van der Waals surface area contributed by atoms with E-state index in [9.17, 15) is 0 Å². The smallest absolute Gasteiger partial charge is 0.288 e. The number of rotatable bonds is 0.